The molecule has 2 aromatic carbocycles. The van der Waals surface area contributed by atoms with Crippen LogP contribution in [0.25, 0.3) is 0 Å². The Morgan fingerprint density at radius 2 is 1.71 bits per heavy atom. The molecule has 1 amide bonds. The summed E-state index contributed by atoms with van der Waals surface area (Å²) in [6, 6.07) is 15.4. The van der Waals surface area contributed by atoms with Gasteiger partial charge in [0.15, 0.2) is 0 Å². The van der Waals surface area contributed by atoms with Gasteiger partial charge in [-0.2, -0.15) is 0 Å². The molecule has 5 heteroatoms. The van der Waals surface area contributed by atoms with Gasteiger partial charge in [0.2, 0.25) is 5.91 Å². The standard InChI is InChI=1S/C19H23ClN2O2/c1-21(12-15-6-4-8-17(20)10-15)14-19(23)22(2)13-16-7-5-9-18(11-16)24-3/h4-11H,12-14H2,1-3H3. The minimum absolute atomic E-state index is 0.0716. The van der Waals surface area contributed by atoms with E-state index in [4.69, 9.17) is 16.3 Å². The molecule has 2 aromatic rings. The number of amides is 1. The Labute approximate surface area is 148 Å². The monoisotopic (exact) mass is 346 g/mol. The first-order valence-electron chi connectivity index (χ1n) is 7.78. The van der Waals surface area contributed by atoms with Crippen LogP contribution in [0.2, 0.25) is 5.02 Å². The summed E-state index contributed by atoms with van der Waals surface area (Å²) in [6.45, 7) is 1.59. The van der Waals surface area contributed by atoms with E-state index in [1.807, 2.05) is 67.5 Å². The molecule has 0 fully saturated rings. The molecular weight excluding hydrogens is 324 g/mol. The van der Waals surface area contributed by atoms with Crippen LogP contribution in [-0.4, -0.2) is 43.5 Å². The fourth-order valence-electron chi connectivity index (χ4n) is 2.49. The second-order valence-electron chi connectivity index (χ2n) is 5.90. The Bertz CT molecular complexity index is 691. The number of likely N-dealkylation sites (N-methyl/N-ethyl adjacent to an activating group) is 2. The van der Waals surface area contributed by atoms with E-state index in [1.54, 1.807) is 12.0 Å². The number of benzene rings is 2. The van der Waals surface area contributed by atoms with Crippen LogP contribution in [0.5, 0.6) is 5.75 Å². The lowest BCUT2D eigenvalue weighted by molar-refractivity contribution is -0.131. The van der Waals surface area contributed by atoms with Crippen molar-refractivity contribution in [1.82, 2.24) is 9.80 Å². The molecule has 0 bridgehead atoms. The topological polar surface area (TPSA) is 32.8 Å². The van der Waals surface area contributed by atoms with Crippen molar-refractivity contribution in [3.05, 3.63) is 64.7 Å². The normalized spacial score (nSPS) is 10.7. The molecule has 0 unspecified atom stereocenters. The van der Waals surface area contributed by atoms with Crippen molar-refractivity contribution in [3.63, 3.8) is 0 Å². The van der Waals surface area contributed by atoms with E-state index in [2.05, 4.69) is 0 Å². The van der Waals surface area contributed by atoms with E-state index in [9.17, 15) is 4.79 Å². The first-order chi connectivity index (χ1) is 11.5. The molecule has 0 atom stereocenters. The highest BCUT2D eigenvalue weighted by molar-refractivity contribution is 6.30. The number of nitrogens with zero attached hydrogens (tertiary/aromatic N) is 2. The lowest BCUT2D eigenvalue weighted by Gasteiger charge is -2.22. The molecule has 0 saturated heterocycles. The zero-order valence-electron chi connectivity index (χ0n) is 14.3. The Kier molecular flexibility index (Phi) is 6.64. The van der Waals surface area contributed by atoms with E-state index in [1.165, 1.54) is 0 Å². The van der Waals surface area contributed by atoms with Gasteiger partial charge in [-0.15, -0.1) is 0 Å². The predicted octanol–water partition coefficient (Wildman–Crippen LogP) is 3.44. The van der Waals surface area contributed by atoms with Crippen molar-refractivity contribution in [2.45, 2.75) is 13.1 Å². The maximum absolute atomic E-state index is 12.4. The summed E-state index contributed by atoms with van der Waals surface area (Å²) in [5.74, 6) is 0.869. The van der Waals surface area contributed by atoms with Crippen LogP contribution in [0.1, 0.15) is 11.1 Å². The molecule has 0 aliphatic carbocycles. The smallest absolute Gasteiger partial charge is 0.236 e. The Morgan fingerprint density at radius 1 is 1.04 bits per heavy atom. The van der Waals surface area contributed by atoms with Crippen molar-refractivity contribution in [1.29, 1.82) is 0 Å². The first kappa shape index (κ1) is 18.3. The lowest BCUT2D eigenvalue weighted by atomic mass is 10.2. The third-order valence-electron chi connectivity index (χ3n) is 3.73. The van der Waals surface area contributed by atoms with Crippen LogP contribution in [0.4, 0.5) is 0 Å². The maximum Gasteiger partial charge on any atom is 0.236 e. The molecule has 128 valence electrons. The highest BCUT2D eigenvalue weighted by Crippen LogP contribution is 2.14. The third-order valence-corrected chi connectivity index (χ3v) is 3.96. The van der Waals surface area contributed by atoms with Crippen LogP contribution in [0.3, 0.4) is 0 Å². The van der Waals surface area contributed by atoms with Crippen LogP contribution in [0, 0.1) is 0 Å². The molecule has 0 N–H and O–H groups in total. The average molecular weight is 347 g/mol. The van der Waals surface area contributed by atoms with Gasteiger partial charge < -0.3 is 9.64 Å². The molecule has 0 heterocycles. The zero-order valence-corrected chi connectivity index (χ0v) is 15.1. The maximum atomic E-state index is 12.4. The molecule has 0 radical (unpaired) electrons. The van der Waals surface area contributed by atoms with E-state index in [-0.39, 0.29) is 5.91 Å². The molecule has 4 nitrogen and oxygen atoms in total. The summed E-state index contributed by atoms with van der Waals surface area (Å²) in [4.78, 5) is 16.1. The van der Waals surface area contributed by atoms with Gasteiger partial charge in [0.25, 0.3) is 0 Å². The van der Waals surface area contributed by atoms with Crippen molar-refractivity contribution in [3.8, 4) is 5.75 Å². The third kappa shape index (κ3) is 5.55. The molecule has 0 spiro atoms. The summed E-state index contributed by atoms with van der Waals surface area (Å²) in [5.41, 5.74) is 2.14. The second kappa shape index (κ2) is 8.71. The SMILES string of the molecule is COc1cccc(CN(C)C(=O)CN(C)Cc2cccc(Cl)c2)c1. The van der Waals surface area contributed by atoms with Crippen LogP contribution in [0.15, 0.2) is 48.5 Å². The molecule has 24 heavy (non-hydrogen) atoms. The Balaban J connectivity index is 1.88. The number of halogens is 1. The zero-order chi connectivity index (χ0) is 17.5. The highest BCUT2D eigenvalue weighted by Gasteiger charge is 2.13. The van der Waals surface area contributed by atoms with Crippen LogP contribution >= 0.6 is 11.6 Å². The molecule has 0 aromatic heterocycles. The van der Waals surface area contributed by atoms with Gasteiger partial charge in [0.1, 0.15) is 5.75 Å². The largest absolute Gasteiger partial charge is 0.497 e. The van der Waals surface area contributed by atoms with Crippen molar-refractivity contribution < 1.29 is 9.53 Å². The highest BCUT2D eigenvalue weighted by atomic mass is 35.5. The van der Waals surface area contributed by atoms with E-state index < -0.39 is 0 Å². The van der Waals surface area contributed by atoms with E-state index >= 15 is 0 Å². The Morgan fingerprint density at radius 3 is 2.38 bits per heavy atom. The van der Waals surface area contributed by atoms with E-state index in [0.717, 1.165) is 16.9 Å². The fraction of sp³-hybridized carbons (Fsp3) is 0.316. The van der Waals surface area contributed by atoms with Gasteiger partial charge >= 0.3 is 0 Å². The number of carbonyl (C=O) groups is 1. The van der Waals surface area contributed by atoms with Gasteiger partial charge in [-0.1, -0.05) is 35.9 Å². The average Bonchev–Trinajstić information content (AvgIpc) is 2.54. The molecular formula is C19H23ClN2O2. The van der Waals surface area contributed by atoms with Crippen molar-refractivity contribution >= 4 is 17.5 Å². The van der Waals surface area contributed by atoms with Gasteiger partial charge in [-0.05, 0) is 42.4 Å². The Hall–Kier alpha value is -2.04. The van der Waals surface area contributed by atoms with Crippen molar-refractivity contribution in [2.75, 3.05) is 27.7 Å². The fourth-order valence-corrected chi connectivity index (χ4v) is 2.70. The van der Waals surface area contributed by atoms with Gasteiger partial charge in [0.05, 0.1) is 13.7 Å². The number of hydrogen-bond acceptors (Lipinski definition) is 3. The number of ether oxygens (including phenoxy) is 1. The van der Waals surface area contributed by atoms with Crippen LogP contribution < -0.4 is 4.74 Å². The van der Waals surface area contributed by atoms with Gasteiger partial charge in [-0.3, -0.25) is 9.69 Å². The molecule has 0 saturated carbocycles. The number of hydrogen-bond donors (Lipinski definition) is 0. The summed E-state index contributed by atoms with van der Waals surface area (Å²) in [5, 5.41) is 0.711. The molecule has 0 aliphatic heterocycles. The minimum Gasteiger partial charge on any atom is -0.497 e. The number of rotatable bonds is 7. The first-order valence-corrected chi connectivity index (χ1v) is 8.15. The number of methoxy groups -OCH3 is 1. The van der Waals surface area contributed by atoms with Gasteiger partial charge in [-0.25, -0.2) is 0 Å². The summed E-state index contributed by atoms with van der Waals surface area (Å²) in [7, 11) is 5.38. The summed E-state index contributed by atoms with van der Waals surface area (Å²) in [6.07, 6.45) is 0. The van der Waals surface area contributed by atoms with Crippen molar-refractivity contribution in [2.24, 2.45) is 0 Å². The molecule has 0 aliphatic rings. The lowest BCUT2D eigenvalue weighted by Crippen LogP contribution is -2.36. The van der Waals surface area contributed by atoms with Gasteiger partial charge in [0, 0.05) is 25.2 Å². The predicted molar refractivity (Wildman–Crippen MR) is 97.3 cm³/mol. The quantitative estimate of drug-likeness (QED) is 0.770. The second-order valence-corrected chi connectivity index (χ2v) is 6.34. The minimum atomic E-state index is 0.0716. The van der Waals surface area contributed by atoms with Crippen LogP contribution in [-0.2, 0) is 17.9 Å². The van der Waals surface area contributed by atoms with E-state index in [0.29, 0.717) is 24.7 Å². The summed E-state index contributed by atoms with van der Waals surface area (Å²) >= 11 is 6.00. The summed E-state index contributed by atoms with van der Waals surface area (Å²) < 4.78 is 5.22. The number of carbonyl (C=O) groups excluding carboxylic acids is 1. The molecule has 2 rings (SSSR count).